The third-order valence-corrected chi connectivity index (χ3v) is 9.73. The van der Waals surface area contributed by atoms with Crippen LogP contribution >= 0.6 is 0 Å². The molecular weight excluding hydrogens is 621 g/mol. The van der Waals surface area contributed by atoms with Crippen molar-refractivity contribution in [2.75, 3.05) is 7.05 Å². The van der Waals surface area contributed by atoms with E-state index < -0.39 is 0 Å². The Morgan fingerprint density at radius 2 is 1.04 bits per heavy atom. The van der Waals surface area contributed by atoms with E-state index in [1.807, 2.05) is 24.4 Å². The molecule has 8 aromatic rings. The van der Waals surface area contributed by atoms with Crippen molar-refractivity contribution in [3.63, 3.8) is 0 Å². The van der Waals surface area contributed by atoms with E-state index in [0.29, 0.717) is 5.84 Å². The van der Waals surface area contributed by atoms with E-state index in [1.165, 1.54) is 32.7 Å². The van der Waals surface area contributed by atoms with Crippen LogP contribution < -0.4 is 0 Å². The van der Waals surface area contributed by atoms with Crippen molar-refractivity contribution in [1.82, 2.24) is 9.88 Å². The Kier molecular flexibility index (Phi) is 7.75. The number of nitrogens with zero attached hydrogens (tertiary/aromatic N) is 4. The Morgan fingerprint density at radius 3 is 1.78 bits per heavy atom. The van der Waals surface area contributed by atoms with Gasteiger partial charge in [-0.3, -0.25) is 4.98 Å². The number of aliphatic imine (C=N–C) groups is 2. The summed E-state index contributed by atoms with van der Waals surface area (Å²) in [6, 6.07) is 62.0. The SMILES string of the molecule is CN1C(c2ccccc2)=NC(c2ccc3ccc4ccccc4c3c2)=NC1c1cc(-c2ccc(-c3ccccc3)cc2)cc(-c2ccccn2)c1. The van der Waals surface area contributed by atoms with E-state index in [0.717, 1.165) is 44.9 Å². The molecule has 0 bridgehead atoms. The number of amidine groups is 2. The molecule has 7 aromatic carbocycles. The zero-order valence-electron chi connectivity index (χ0n) is 28.2. The molecule has 51 heavy (non-hydrogen) atoms. The van der Waals surface area contributed by atoms with E-state index in [9.17, 15) is 0 Å². The fraction of sp³-hybridized carbons (Fsp3) is 0.0426. The highest BCUT2D eigenvalue weighted by molar-refractivity contribution is 6.16. The molecule has 2 heterocycles. The van der Waals surface area contributed by atoms with Gasteiger partial charge in [0.15, 0.2) is 12.0 Å². The second kappa shape index (κ2) is 13.0. The van der Waals surface area contributed by atoms with Crippen LogP contribution in [-0.2, 0) is 0 Å². The molecule has 242 valence electrons. The molecule has 1 aliphatic rings. The van der Waals surface area contributed by atoms with Gasteiger partial charge in [0.1, 0.15) is 5.84 Å². The van der Waals surface area contributed by atoms with E-state index in [2.05, 4.69) is 170 Å². The molecular formula is C47H34N4. The number of pyridine rings is 1. The first-order valence-corrected chi connectivity index (χ1v) is 17.3. The van der Waals surface area contributed by atoms with Gasteiger partial charge < -0.3 is 4.90 Å². The van der Waals surface area contributed by atoms with Crippen LogP contribution in [0.2, 0.25) is 0 Å². The lowest BCUT2D eigenvalue weighted by molar-refractivity contribution is 0.383. The number of fused-ring (bicyclic) bond motifs is 3. The standard InChI is InChI=1S/C47H34N4/c1-51-46(37-15-6-3-7-16-37)49-45(38-26-25-36-24-23-35-14-8-9-17-42(35)43(36)31-38)50-47(51)41-29-39(28-40(30-41)44-18-10-11-27-48-44)34-21-19-33(20-22-34)32-12-4-2-5-13-32/h2-31,47H,1H3. The first-order valence-electron chi connectivity index (χ1n) is 17.3. The molecule has 0 aliphatic carbocycles. The van der Waals surface area contributed by atoms with Crippen LogP contribution in [0.15, 0.2) is 192 Å². The van der Waals surface area contributed by atoms with Crippen LogP contribution in [0.4, 0.5) is 0 Å². The summed E-state index contributed by atoms with van der Waals surface area (Å²) in [5, 5.41) is 4.83. The molecule has 0 amide bonds. The number of aromatic nitrogens is 1. The van der Waals surface area contributed by atoms with Crippen LogP contribution in [0, 0.1) is 0 Å². The quantitative estimate of drug-likeness (QED) is 0.167. The third kappa shape index (κ3) is 5.87. The first-order chi connectivity index (χ1) is 25.2. The average molecular weight is 655 g/mol. The average Bonchev–Trinajstić information content (AvgIpc) is 3.21. The first kappa shape index (κ1) is 30.4. The molecule has 0 saturated carbocycles. The maximum absolute atomic E-state index is 5.42. The third-order valence-electron chi connectivity index (χ3n) is 9.73. The normalized spacial score (nSPS) is 14.4. The van der Waals surface area contributed by atoms with Crippen molar-refractivity contribution in [3.8, 4) is 33.5 Å². The number of hydrogen-bond acceptors (Lipinski definition) is 4. The van der Waals surface area contributed by atoms with Gasteiger partial charge in [-0.05, 0) is 85.8 Å². The minimum absolute atomic E-state index is 0.332. The molecule has 1 unspecified atom stereocenters. The monoisotopic (exact) mass is 654 g/mol. The minimum Gasteiger partial charge on any atom is -0.333 e. The van der Waals surface area contributed by atoms with Crippen molar-refractivity contribution in [3.05, 3.63) is 199 Å². The Balaban J connectivity index is 1.21. The molecule has 4 heteroatoms. The molecule has 9 rings (SSSR count). The second-order valence-corrected chi connectivity index (χ2v) is 13.0. The molecule has 0 spiro atoms. The minimum atomic E-state index is -0.332. The fourth-order valence-corrected chi connectivity index (χ4v) is 7.09. The van der Waals surface area contributed by atoms with Gasteiger partial charge >= 0.3 is 0 Å². The number of rotatable bonds is 6. The molecule has 0 fully saturated rings. The van der Waals surface area contributed by atoms with E-state index in [4.69, 9.17) is 15.0 Å². The van der Waals surface area contributed by atoms with Crippen molar-refractivity contribution in [2.45, 2.75) is 6.17 Å². The molecule has 1 atom stereocenters. The molecule has 1 aliphatic heterocycles. The predicted octanol–water partition coefficient (Wildman–Crippen LogP) is 11.2. The van der Waals surface area contributed by atoms with Gasteiger partial charge in [-0.1, -0.05) is 140 Å². The van der Waals surface area contributed by atoms with Crippen LogP contribution in [0.3, 0.4) is 0 Å². The number of benzene rings is 7. The van der Waals surface area contributed by atoms with Gasteiger partial charge in [-0.15, -0.1) is 0 Å². The van der Waals surface area contributed by atoms with Gasteiger partial charge in [0.2, 0.25) is 0 Å². The molecule has 4 nitrogen and oxygen atoms in total. The lowest BCUT2D eigenvalue weighted by Gasteiger charge is -2.33. The topological polar surface area (TPSA) is 40.9 Å². The van der Waals surface area contributed by atoms with Crippen molar-refractivity contribution < 1.29 is 0 Å². The molecule has 0 saturated heterocycles. The highest BCUT2D eigenvalue weighted by Gasteiger charge is 2.28. The Bertz CT molecular complexity index is 2580. The summed E-state index contributed by atoms with van der Waals surface area (Å²) in [5.74, 6) is 1.59. The lowest BCUT2D eigenvalue weighted by atomic mass is 9.95. The highest BCUT2D eigenvalue weighted by Crippen LogP contribution is 2.36. The van der Waals surface area contributed by atoms with E-state index in [1.54, 1.807) is 0 Å². The molecule has 0 N–H and O–H groups in total. The summed E-state index contributed by atoms with van der Waals surface area (Å²) in [7, 11) is 2.09. The molecule has 0 radical (unpaired) electrons. The Labute approximate surface area is 297 Å². The smallest absolute Gasteiger partial charge is 0.159 e. The van der Waals surface area contributed by atoms with Gasteiger partial charge in [-0.2, -0.15) is 0 Å². The van der Waals surface area contributed by atoms with Crippen molar-refractivity contribution >= 4 is 33.2 Å². The van der Waals surface area contributed by atoms with Gasteiger partial charge in [0.05, 0.1) is 5.69 Å². The summed E-state index contributed by atoms with van der Waals surface area (Å²) < 4.78 is 0. The number of hydrogen-bond donors (Lipinski definition) is 0. The second-order valence-electron chi connectivity index (χ2n) is 13.0. The zero-order chi connectivity index (χ0) is 34.1. The largest absolute Gasteiger partial charge is 0.333 e. The summed E-state index contributed by atoms with van der Waals surface area (Å²) >= 11 is 0. The summed E-state index contributed by atoms with van der Waals surface area (Å²) in [6.07, 6.45) is 1.52. The van der Waals surface area contributed by atoms with Crippen molar-refractivity contribution in [1.29, 1.82) is 0 Å². The van der Waals surface area contributed by atoms with E-state index >= 15 is 0 Å². The Morgan fingerprint density at radius 1 is 0.451 bits per heavy atom. The van der Waals surface area contributed by atoms with Gasteiger partial charge in [0, 0.05) is 29.9 Å². The van der Waals surface area contributed by atoms with Crippen LogP contribution in [0.5, 0.6) is 0 Å². The summed E-state index contributed by atoms with van der Waals surface area (Å²) in [4.78, 5) is 17.6. The maximum Gasteiger partial charge on any atom is 0.159 e. The highest BCUT2D eigenvalue weighted by atomic mass is 15.3. The summed E-state index contributed by atoms with van der Waals surface area (Å²) in [6.45, 7) is 0. The zero-order valence-corrected chi connectivity index (χ0v) is 28.2. The Hall–Kier alpha value is -6.65. The van der Waals surface area contributed by atoms with Crippen LogP contribution in [0.1, 0.15) is 22.9 Å². The van der Waals surface area contributed by atoms with E-state index in [-0.39, 0.29) is 6.17 Å². The van der Waals surface area contributed by atoms with Crippen molar-refractivity contribution in [2.24, 2.45) is 9.98 Å². The predicted molar refractivity (Wildman–Crippen MR) is 212 cm³/mol. The molecule has 1 aromatic heterocycles. The maximum atomic E-state index is 5.42. The lowest BCUT2D eigenvalue weighted by Crippen LogP contribution is -2.35. The van der Waals surface area contributed by atoms with Gasteiger partial charge in [-0.25, -0.2) is 9.98 Å². The van der Waals surface area contributed by atoms with Crippen LogP contribution in [0.25, 0.3) is 55.1 Å². The fourth-order valence-electron chi connectivity index (χ4n) is 7.09. The van der Waals surface area contributed by atoms with Crippen LogP contribution in [-0.4, -0.2) is 28.6 Å². The summed E-state index contributed by atoms with van der Waals surface area (Å²) in [5.41, 5.74) is 9.69. The van der Waals surface area contributed by atoms with Gasteiger partial charge in [0.25, 0.3) is 0 Å².